The van der Waals surface area contributed by atoms with Gasteiger partial charge >= 0.3 is 0 Å². The van der Waals surface area contributed by atoms with Crippen molar-refractivity contribution >= 4 is 0 Å². The lowest BCUT2D eigenvalue weighted by atomic mass is 9.77. The molecule has 0 heterocycles. The van der Waals surface area contributed by atoms with Gasteiger partial charge < -0.3 is 28.8 Å². The van der Waals surface area contributed by atoms with Crippen molar-refractivity contribution in [1.82, 2.24) is 0 Å². The number of rotatable bonds is 12. The fourth-order valence-electron chi connectivity index (χ4n) is 4.71. The summed E-state index contributed by atoms with van der Waals surface area (Å²) in [5.74, 6) is 2.83. The fraction of sp³-hybridized carbons (Fsp3) is 0.250. The average Bonchev–Trinajstić information content (AvgIpc) is 2.99. The quantitative estimate of drug-likeness (QED) is 0.243. The molecule has 6 nitrogen and oxygen atoms in total. The first-order chi connectivity index (χ1) is 18.6. The van der Waals surface area contributed by atoms with Gasteiger partial charge in [-0.1, -0.05) is 54.6 Å². The molecule has 0 fully saturated rings. The van der Waals surface area contributed by atoms with Gasteiger partial charge in [0, 0.05) is 11.8 Å². The van der Waals surface area contributed by atoms with Crippen molar-refractivity contribution < 1.29 is 28.8 Å². The normalized spacial score (nSPS) is 11.6. The molecule has 1 atom stereocenters. The highest BCUT2D eigenvalue weighted by molar-refractivity contribution is 5.51. The van der Waals surface area contributed by atoms with Crippen LogP contribution in [0.4, 0.5) is 0 Å². The lowest BCUT2D eigenvalue weighted by Crippen LogP contribution is -2.17. The molecule has 0 amide bonds. The minimum absolute atomic E-state index is 0.0719. The van der Waals surface area contributed by atoms with Gasteiger partial charge in [-0.05, 0) is 58.7 Å². The Morgan fingerprint density at radius 1 is 0.579 bits per heavy atom. The number of aliphatic hydroxyl groups excluding tert-OH is 1. The van der Waals surface area contributed by atoms with Crippen molar-refractivity contribution in [2.75, 3.05) is 35.0 Å². The predicted molar refractivity (Wildman–Crippen MR) is 148 cm³/mol. The van der Waals surface area contributed by atoms with Crippen LogP contribution in [0.1, 0.15) is 34.1 Å². The first kappa shape index (κ1) is 26.9. The van der Waals surface area contributed by atoms with Crippen LogP contribution in [0.25, 0.3) is 0 Å². The Bertz CT molecular complexity index is 1250. The van der Waals surface area contributed by atoms with Crippen LogP contribution in [-0.4, -0.2) is 40.2 Å². The third-order valence-corrected chi connectivity index (χ3v) is 6.69. The van der Waals surface area contributed by atoms with Crippen LogP contribution in [0.15, 0.2) is 91.0 Å². The molecule has 0 spiro atoms. The lowest BCUT2D eigenvalue weighted by molar-refractivity contribution is 0.254. The lowest BCUT2D eigenvalue weighted by Gasteiger charge is -2.28. The molecule has 4 aromatic rings. The van der Waals surface area contributed by atoms with Crippen LogP contribution >= 0.6 is 0 Å². The van der Waals surface area contributed by atoms with Gasteiger partial charge in [-0.2, -0.15) is 0 Å². The van der Waals surface area contributed by atoms with Crippen molar-refractivity contribution in [2.45, 2.75) is 18.4 Å². The molecule has 0 aliphatic heterocycles. The van der Waals surface area contributed by atoms with E-state index in [2.05, 4.69) is 0 Å². The Morgan fingerprint density at radius 3 is 1.55 bits per heavy atom. The third kappa shape index (κ3) is 6.03. The molecule has 0 aliphatic rings. The molecule has 0 radical (unpaired) electrons. The largest absolute Gasteiger partial charge is 0.493 e. The van der Waals surface area contributed by atoms with Gasteiger partial charge in [-0.15, -0.1) is 0 Å². The number of hydrogen-bond acceptors (Lipinski definition) is 6. The minimum Gasteiger partial charge on any atom is -0.493 e. The maximum Gasteiger partial charge on any atom is 0.161 e. The first-order valence-electron chi connectivity index (χ1n) is 12.4. The van der Waals surface area contributed by atoms with E-state index >= 15 is 0 Å². The van der Waals surface area contributed by atoms with Gasteiger partial charge in [0.25, 0.3) is 0 Å². The standard InChI is InChI=1S/C32H34O6/c1-34-28-16-12-24(18-30(28)36-3)32(25-13-17-29(35-2)31(19-25)37-4)27(20-33)23-10-14-26(15-11-23)38-21-22-8-6-5-7-9-22/h5-19,27,32-33H,20-21H2,1-4H3. The molecule has 0 aliphatic carbocycles. The third-order valence-electron chi connectivity index (χ3n) is 6.69. The summed E-state index contributed by atoms with van der Waals surface area (Å²) in [5.41, 5.74) is 4.03. The molecule has 198 valence electrons. The summed E-state index contributed by atoms with van der Waals surface area (Å²) in [5, 5.41) is 10.7. The Morgan fingerprint density at radius 2 is 1.08 bits per heavy atom. The van der Waals surface area contributed by atoms with Crippen LogP contribution in [0, 0.1) is 0 Å². The molecule has 0 saturated heterocycles. The zero-order valence-corrected chi connectivity index (χ0v) is 22.2. The van der Waals surface area contributed by atoms with E-state index in [9.17, 15) is 5.11 Å². The smallest absolute Gasteiger partial charge is 0.161 e. The van der Waals surface area contributed by atoms with Crippen LogP contribution in [-0.2, 0) is 6.61 Å². The molecule has 0 saturated carbocycles. The molecule has 1 N–H and O–H groups in total. The van der Waals surface area contributed by atoms with E-state index in [-0.39, 0.29) is 18.4 Å². The second-order valence-electron chi connectivity index (χ2n) is 8.84. The Balaban J connectivity index is 1.71. The number of aliphatic hydroxyl groups is 1. The van der Waals surface area contributed by atoms with E-state index in [1.165, 1.54) is 0 Å². The SMILES string of the molecule is COc1ccc(C(c2ccc(OC)c(OC)c2)C(CO)c2ccc(OCc3ccccc3)cc2)cc1OC. The van der Waals surface area contributed by atoms with Crippen molar-refractivity contribution in [3.63, 3.8) is 0 Å². The van der Waals surface area contributed by atoms with E-state index < -0.39 is 0 Å². The van der Waals surface area contributed by atoms with Gasteiger partial charge in [-0.25, -0.2) is 0 Å². The average molecular weight is 515 g/mol. The zero-order chi connectivity index (χ0) is 26.9. The highest BCUT2D eigenvalue weighted by atomic mass is 16.5. The van der Waals surface area contributed by atoms with Crippen molar-refractivity contribution in [2.24, 2.45) is 0 Å². The van der Waals surface area contributed by atoms with Crippen LogP contribution in [0.2, 0.25) is 0 Å². The van der Waals surface area contributed by atoms with Crippen molar-refractivity contribution in [1.29, 1.82) is 0 Å². The predicted octanol–water partition coefficient (Wildman–Crippen LogP) is 6.21. The van der Waals surface area contributed by atoms with Crippen LogP contribution in [0.5, 0.6) is 28.7 Å². The number of benzene rings is 4. The topological polar surface area (TPSA) is 66.4 Å². The summed E-state index contributed by atoms with van der Waals surface area (Å²) in [6, 6.07) is 29.7. The summed E-state index contributed by atoms with van der Waals surface area (Å²) in [7, 11) is 6.46. The maximum atomic E-state index is 10.7. The molecular weight excluding hydrogens is 480 g/mol. The zero-order valence-electron chi connectivity index (χ0n) is 22.2. The highest BCUT2D eigenvalue weighted by Crippen LogP contribution is 2.43. The van der Waals surface area contributed by atoms with E-state index in [1.807, 2.05) is 91.0 Å². The molecule has 38 heavy (non-hydrogen) atoms. The second-order valence-corrected chi connectivity index (χ2v) is 8.84. The van der Waals surface area contributed by atoms with Gasteiger partial charge in [0.2, 0.25) is 0 Å². The molecular formula is C32H34O6. The molecule has 6 heteroatoms. The van der Waals surface area contributed by atoms with Gasteiger partial charge in [0.1, 0.15) is 12.4 Å². The van der Waals surface area contributed by atoms with E-state index in [4.69, 9.17) is 23.7 Å². The highest BCUT2D eigenvalue weighted by Gasteiger charge is 2.28. The van der Waals surface area contributed by atoms with Crippen molar-refractivity contribution in [3.05, 3.63) is 113 Å². The summed E-state index contributed by atoms with van der Waals surface area (Å²) in [6.07, 6.45) is 0. The summed E-state index contributed by atoms with van der Waals surface area (Å²) in [4.78, 5) is 0. The Hall–Kier alpha value is -4.16. The Labute approximate surface area is 224 Å². The van der Waals surface area contributed by atoms with Gasteiger partial charge in [0.05, 0.1) is 35.0 Å². The van der Waals surface area contributed by atoms with E-state index in [0.29, 0.717) is 29.6 Å². The van der Waals surface area contributed by atoms with E-state index in [0.717, 1.165) is 28.0 Å². The molecule has 4 rings (SSSR count). The number of methoxy groups -OCH3 is 4. The van der Waals surface area contributed by atoms with Gasteiger partial charge in [-0.3, -0.25) is 0 Å². The molecule has 0 aromatic heterocycles. The summed E-state index contributed by atoms with van der Waals surface area (Å²) >= 11 is 0. The van der Waals surface area contributed by atoms with Crippen molar-refractivity contribution in [3.8, 4) is 28.7 Å². The fourth-order valence-corrected chi connectivity index (χ4v) is 4.71. The summed E-state index contributed by atoms with van der Waals surface area (Å²) < 4.78 is 28.1. The maximum absolute atomic E-state index is 10.7. The number of ether oxygens (including phenoxy) is 5. The summed E-state index contributed by atoms with van der Waals surface area (Å²) in [6.45, 7) is 0.418. The minimum atomic E-state index is -0.255. The van der Waals surface area contributed by atoms with Gasteiger partial charge in [0.15, 0.2) is 23.0 Å². The molecule has 1 unspecified atom stereocenters. The Kier molecular flexibility index (Phi) is 9.11. The molecule has 4 aromatic carbocycles. The van der Waals surface area contributed by atoms with E-state index in [1.54, 1.807) is 28.4 Å². The monoisotopic (exact) mass is 514 g/mol. The second kappa shape index (κ2) is 12.9. The van der Waals surface area contributed by atoms with Crippen LogP contribution in [0.3, 0.4) is 0 Å². The van der Waals surface area contributed by atoms with Crippen LogP contribution < -0.4 is 23.7 Å². The first-order valence-corrected chi connectivity index (χ1v) is 12.4. The number of hydrogen-bond donors (Lipinski definition) is 1. The molecule has 0 bridgehead atoms.